The maximum Gasteiger partial charge on any atom is 0.323 e. The number of phenolic OH excluding ortho intramolecular Hbond substituents is 1. The number of pyridine rings is 1. The molecule has 3 heterocycles. The lowest BCUT2D eigenvalue weighted by Gasteiger charge is -2.32. The number of hydrogen-bond acceptors (Lipinski definition) is 11. The molecular weight excluding hydrogens is 819 g/mol. The van der Waals surface area contributed by atoms with Gasteiger partial charge in [-0.05, 0) is 83.8 Å². The summed E-state index contributed by atoms with van der Waals surface area (Å²) in [6.07, 6.45) is 2.64. The second-order valence-electron chi connectivity index (χ2n) is 16.1. The van der Waals surface area contributed by atoms with Crippen molar-refractivity contribution >= 4 is 50.1 Å². The second-order valence-corrected chi connectivity index (χ2v) is 18.1. The number of nitrogens with zero attached hydrogens (tertiary/aromatic N) is 2. The Labute approximate surface area is 358 Å². The number of nitrogens with one attached hydrogen (secondary N) is 3. The summed E-state index contributed by atoms with van der Waals surface area (Å²) in [4.78, 5) is 54.3. The number of aromatic amines is 1. The molecule has 4 aromatic carbocycles. The first-order valence-corrected chi connectivity index (χ1v) is 21.7. The van der Waals surface area contributed by atoms with Crippen molar-refractivity contribution in [2.24, 2.45) is 0 Å². The molecule has 0 saturated carbocycles. The van der Waals surface area contributed by atoms with Crippen LogP contribution in [0.15, 0.2) is 94.7 Å². The third-order valence-electron chi connectivity index (χ3n) is 10.9. The third kappa shape index (κ3) is 9.70. The summed E-state index contributed by atoms with van der Waals surface area (Å²) in [5.41, 5.74) is 2.44. The molecule has 0 aliphatic carbocycles. The van der Waals surface area contributed by atoms with Gasteiger partial charge in [-0.15, -0.1) is 0 Å². The van der Waals surface area contributed by atoms with Gasteiger partial charge in [-0.25, -0.2) is 8.42 Å². The van der Waals surface area contributed by atoms with Crippen LogP contribution in [0.5, 0.6) is 17.2 Å². The van der Waals surface area contributed by atoms with Crippen LogP contribution in [0.1, 0.15) is 71.4 Å². The highest BCUT2D eigenvalue weighted by Gasteiger charge is 2.33. The minimum atomic E-state index is -3.82. The summed E-state index contributed by atoms with van der Waals surface area (Å²) < 4.78 is 45.9. The fourth-order valence-corrected chi connectivity index (χ4v) is 9.11. The monoisotopic (exact) mass is 867 g/mol. The first-order valence-electron chi connectivity index (χ1n) is 20.2. The summed E-state index contributed by atoms with van der Waals surface area (Å²) in [5, 5.41) is 26.0. The number of phenols is 1. The number of carbonyl (C=O) groups excluding carboxylic acids is 2. The minimum absolute atomic E-state index is 0.0319. The Morgan fingerprint density at radius 3 is 2.32 bits per heavy atom. The average Bonchev–Trinajstić information content (AvgIpc) is 3.24. The van der Waals surface area contributed by atoms with E-state index in [1.165, 1.54) is 34.8 Å². The largest absolute Gasteiger partial charge is 0.504 e. The van der Waals surface area contributed by atoms with E-state index in [9.17, 15) is 32.7 Å². The van der Waals surface area contributed by atoms with Crippen molar-refractivity contribution in [3.8, 4) is 17.2 Å². The molecule has 62 heavy (non-hydrogen) atoms. The van der Waals surface area contributed by atoms with Gasteiger partial charge in [-0.1, -0.05) is 45.0 Å². The van der Waals surface area contributed by atoms with E-state index in [2.05, 4.69) is 15.6 Å². The number of ether oxygens (including phenoxy) is 3. The van der Waals surface area contributed by atoms with Gasteiger partial charge >= 0.3 is 5.97 Å². The SMILES string of the molecule is CC(C)(C)c1cc(OCCOCCOc2ccc(C3CCN(S(=O)(=O)c4ccc5c(c4)NCN(CC(=O)O)C5=O)CC3)cc2)c(O)cc1NC(=O)c1c[nH]c2ccccc2c1=O. The maximum absolute atomic E-state index is 13.5. The molecule has 2 aliphatic heterocycles. The van der Waals surface area contributed by atoms with Crippen molar-refractivity contribution < 1.29 is 47.2 Å². The number of rotatable bonds is 15. The van der Waals surface area contributed by atoms with E-state index in [0.717, 1.165) is 10.5 Å². The molecule has 17 heteroatoms. The Balaban J connectivity index is 0.843. The number of carbonyl (C=O) groups is 3. The molecule has 1 aromatic heterocycles. The van der Waals surface area contributed by atoms with E-state index in [0.29, 0.717) is 59.5 Å². The van der Waals surface area contributed by atoms with E-state index < -0.39 is 45.2 Å². The molecule has 0 unspecified atom stereocenters. The third-order valence-corrected chi connectivity index (χ3v) is 12.8. The fourth-order valence-electron chi connectivity index (χ4n) is 7.61. The molecule has 1 saturated heterocycles. The van der Waals surface area contributed by atoms with Crippen LogP contribution >= 0.6 is 0 Å². The molecule has 2 aliphatic rings. The van der Waals surface area contributed by atoms with Crippen LogP contribution in [0.2, 0.25) is 0 Å². The van der Waals surface area contributed by atoms with Gasteiger partial charge in [0, 0.05) is 47.6 Å². The molecule has 5 aromatic rings. The highest BCUT2D eigenvalue weighted by molar-refractivity contribution is 7.89. The number of piperidine rings is 1. The molecule has 16 nitrogen and oxygen atoms in total. The normalized spacial score (nSPS) is 14.9. The number of aromatic hydroxyl groups is 1. The maximum atomic E-state index is 13.5. The summed E-state index contributed by atoms with van der Waals surface area (Å²) in [7, 11) is -3.82. The number of para-hydroxylation sites is 1. The van der Waals surface area contributed by atoms with Gasteiger partial charge in [-0.3, -0.25) is 19.2 Å². The van der Waals surface area contributed by atoms with Crippen molar-refractivity contribution in [2.45, 2.75) is 49.8 Å². The number of hydrogen-bond donors (Lipinski definition) is 5. The highest BCUT2D eigenvalue weighted by Crippen LogP contribution is 2.39. The second kappa shape index (κ2) is 18.3. The number of fused-ring (bicyclic) bond motifs is 2. The van der Waals surface area contributed by atoms with Crippen LogP contribution in [-0.2, 0) is 25.0 Å². The van der Waals surface area contributed by atoms with Crippen LogP contribution in [0.25, 0.3) is 10.9 Å². The topological polar surface area (TPSA) is 217 Å². The van der Waals surface area contributed by atoms with Gasteiger partial charge in [0.25, 0.3) is 11.8 Å². The molecule has 326 valence electrons. The molecule has 0 atom stereocenters. The van der Waals surface area contributed by atoms with Crippen molar-refractivity contribution in [3.63, 3.8) is 0 Å². The predicted octanol–water partition coefficient (Wildman–Crippen LogP) is 5.74. The average molecular weight is 868 g/mol. The molecule has 7 rings (SSSR count). The fraction of sp³-hybridized carbons (Fsp3) is 0.333. The first kappa shape index (κ1) is 43.7. The van der Waals surface area contributed by atoms with Crippen molar-refractivity contribution in [2.75, 3.05) is 63.4 Å². The van der Waals surface area contributed by atoms with Gasteiger partial charge in [0.15, 0.2) is 11.5 Å². The van der Waals surface area contributed by atoms with Crippen molar-refractivity contribution in [1.29, 1.82) is 0 Å². The smallest absolute Gasteiger partial charge is 0.323 e. The van der Waals surface area contributed by atoms with E-state index in [1.807, 2.05) is 45.0 Å². The summed E-state index contributed by atoms with van der Waals surface area (Å²) >= 11 is 0. The minimum Gasteiger partial charge on any atom is -0.504 e. The van der Waals surface area contributed by atoms with Crippen LogP contribution in [0, 0.1) is 0 Å². The van der Waals surface area contributed by atoms with E-state index >= 15 is 0 Å². The molecule has 5 N–H and O–H groups in total. The molecule has 2 amide bonds. The lowest BCUT2D eigenvalue weighted by molar-refractivity contribution is -0.137. The zero-order valence-corrected chi connectivity index (χ0v) is 35.4. The molecule has 1 fully saturated rings. The number of sulfonamides is 1. The quantitative estimate of drug-likeness (QED) is 0.0797. The number of carboxylic acid groups (broad SMARTS) is 1. The molecular formula is C45H49N5O11S. The number of amides is 2. The molecule has 0 spiro atoms. The zero-order valence-electron chi connectivity index (χ0n) is 34.6. The highest BCUT2D eigenvalue weighted by atomic mass is 32.2. The van der Waals surface area contributed by atoms with Crippen LogP contribution in [-0.4, -0.2) is 103 Å². The number of anilines is 2. The number of H-pyrrole nitrogens is 1. The Kier molecular flexibility index (Phi) is 12.9. The standard InChI is InChI=1S/C45H49N5O11S/c1-45(2,3)35-23-40(39(51)24-38(35)48-43(55)34-25-46-36-7-5-4-6-32(36)42(34)54)61-21-19-59-18-20-60-30-10-8-28(9-11-30)29-14-16-50(17-15-29)62(57,58)31-12-13-33-37(22-31)47-27-49(44(33)56)26-41(52)53/h4-13,22-25,29,47,51H,14-21,26-27H2,1-3H3,(H,46,54)(H,48,55)(H,52,53). The van der Waals surface area contributed by atoms with Crippen molar-refractivity contribution in [3.05, 3.63) is 118 Å². The Bertz CT molecular complexity index is 2650. The Hall–Kier alpha value is -6.43. The van der Waals surface area contributed by atoms with Gasteiger partial charge in [0.1, 0.15) is 31.1 Å². The van der Waals surface area contributed by atoms with E-state index in [4.69, 9.17) is 19.3 Å². The van der Waals surface area contributed by atoms with E-state index in [-0.39, 0.29) is 66.5 Å². The lowest BCUT2D eigenvalue weighted by Crippen LogP contribution is -2.43. The molecule has 0 radical (unpaired) electrons. The van der Waals surface area contributed by atoms with Gasteiger partial charge in [0.05, 0.1) is 30.3 Å². The van der Waals surface area contributed by atoms with Gasteiger partial charge < -0.3 is 44.9 Å². The predicted molar refractivity (Wildman–Crippen MR) is 232 cm³/mol. The van der Waals surface area contributed by atoms with Gasteiger partial charge in [-0.2, -0.15) is 4.31 Å². The first-order chi connectivity index (χ1) is 29.6. The lowest BCUT2D eigenvalue weighted by atomic mass is 9.85. The Morgan fingerprint density at radius 1 is 0.903 bits per heavy atom. The zero-order chi connectivity index (χ0) is 44.2. The van der Waals surface area contributed by atoms with Crippen LogP contribution in [0.3, 0.4) is 0 Å². The van der Waals surface area contributed by atoms with E-state index in [1.54, 1.807) is 30.3 Å². The number of aromatic nitrogens is 1. The van der Waals surface area contributed by atoms with Crippen LogP contribution < -0.4 is 25.5 Å². The number of aliphatic carboxylic acids is 1. The van der Waals surface area contributed by atoms with Crippen LogP contribution in [0.4, 0.5) is 11.4 Å². The number of benzene rings is 4. The number of carboxylic acids is 1. The summed E-state index contributed by atoms with van der Waals surface area (Å²) in [6, 6.07) is 22.0. The summed E-state index contributed by atoms with van der Waals surface area (Å²) in [6.45, 7) is 7.00. The van der Waals surface area contributed by atoms with Crippen molar-refractivity contribution in [1.82, 2.24) is 14.2 Å². The Morgan fingerprint density at radius 2 is 1.61 bits per heavy atom. The summed E-state index contributed by atoms with van der Waals surface area (Å²) in [5.74, 6) is -1.34. The molecule has 0 bridgehead atoms. The van der Waals surface area contributed by atoms with Gasteiger partial charge in [0.2, 0.25) is 15.5 Å².